The Morgan fingerprint density at radius 2 is 1.75 bits per heavy atom. The van der Waals surface area contributed by atoms with Crippen LogP contribution in [0.1, 0.15) is 38.8 Å². The minimum absolute atomic E-state index is 0.226. The van der Waals surface area contributed by atoms with Gasteiger partial charge < -0.3 is 25.2 Å². The lowest BCUT2D eigenvalue weighted by Gasteiger charge is -2.32. The summed E-state index contributed by atoms with van der Waals surface area (Å²) >= 11 is 0. The van der Waals surface area contributed by atoms with Gasteiger partial charge in [-0.3, -0.25) is 4.79 Å². The van der Waals surface area contributed by atoms with Crippen LogP contribution in [0.4, 0.5) is 4.79 Å². The Kier molecular flexibility index (Phi) is 8.26. The molecule has 0 radical (unpaired) electrons. The highest BCUT2D eigenvalue weighted by Gasteiger charge is 2.25. The fraction of sp³-hybridized carbons (Fsp3) is 0.619. The zero-order valence-corrected chi connectivity index (χ0v) is 17.5. The number of amides is 2. The van der Waals surface area contributed by atoms with E-state index in [2.05, 4.69) is 27.5 Å². The van der Waals surface area contributed by atoms with Gasteiger partial charge in [-0.05, 0) is 46.3 Å². The van der Waals surface area contributed by atoms with Crippen molar-refractivity contribution in [1.29, 1.82) is 0 Å². The maximum Gasteiger partial charge on any atom is 0.408 e. The number of benzene rings is 1. The minimum Gasteiger partial charge on any atom is -0.444 e. The molecule has 1 heterocycles. The van der Waals surface area contributed by atoms with Crippen LogP contribution in [-0.2, 0) is 9.53 Å². The molecule has 1 aliphatic heterocycles. The Morgan fingerprint density at radius 3 is 2.36 bits per heavy atom. The molecule has 2 N–H and O–H groups in total. The third-order valence-corrected chi connectivity index (χ3v) is 4.60. The van der Waals surface area contributed by atoms with E-state index in [1.54, 1.807) is 20.8 Å². The molecule has 0 aromatic heterocycles. The number of piperazine rings is 1. The van der Waals surface area contributed by atoms with E-state index < -0.39 is 17.7 Å². The van der Waals surface area contributed by atoms with Gasteiger partial charge in [-0.1, -0.05) is 30.3 Å². The van der Waals surface area contributed by atoms with Crippen LogP contribution in [0.25, 0.3) is 0 Å². The first kappa shape index (κ1) is 22.2. The summed E-state index contributed by atoms with van der Waals surface area (Å²) in [6, 6.07) is 8.44. The second-order valence-electron chi connectivity index (χ2n) is 8.28. The van der Waals surface area contributed by atoms with Crippen molar-refractivity contribution in [2.45, 2.75) is 38.8 Å². The number of alkyl carbamates (subject to hydrolysis) is 1. The standard InChI is InChI=1S/C21H34N4O3/c1-21(2,3)28-20(27)23-18(17-9-6-5-7-10-17)19(26)22-11-8-12-25-15-13-24(4)14-16-25/h5-7,9-10,18H,8,11-16H2,1-4H3,(H,22,26)(H,23,27)/t18-/m0/s1. The average molecular weight is 391 g/mol. The molecule has 7 nitrogen and oxygen atoms in total. The smallest absolute Gasteiger partial charge is 0.408 e. The van der Waals surface area contributed by atoms with Gasteiger partial charge in [0.2, 0.25) is 5.91 Å². The van der Waals surface area contributed by atoms with Gasteiger partial charge in [0.25, 0.3) is 0 Å². The average Bonchev–Trinajstić information content (AvgIpc) is 2.64. The molecule has 1 aromatic carbocycles. The fourth-order valence-electron chi connectivity index (χ4n) is 3.06. The van der Waals surface area contributed by atoms with Crippen molar-refractivity contribution < 1.29 is 14.3 Å². The molecule has 1 aliphatic rings. The van der Waals surface area contributed by atoms with E-state index >= 15 is 0 Å². The van der Waals surface area contributed by atoms with Crippen LogP contribution in [0.2, 0.25) is 0 Å². The summed E-state index contributed by atoms with van der Waals surface area (Å²) < 4.78 is 5.31. The lowest BCUT2D eigenvalue weighted by atomic mass is 10.1. The normalized spacial score (nSPS) is 17.0. The second kappa shape index (κ2) is 10.4. The van der Waals surface area contributed by atoms with E-state index in [-0.39, 0.29) is 5.91 Å². The monoisotopic (exact) mass is 390 g/mol. The number of hydrogen-bond donors (Lipinski definition) is 2. The van der Waals surface area contributed by atoms with E-state index in [0.29, 0.717) is 6.54 Å². The molecule has 1 atom stereocenters. The number of nitrogens with zero attached hydrogens (tertiary/aromatic N) is 2. The Hall–Kier alpha value is -2.12. The van der Waals surface area contributed by atoms with Crippen molar-refractivity contribution >= 4 is 12.0 Å². The molecule has 1 fully saturated rings. The molecule has 0 aliphatic carbocycles. The highest BCUT2D eigenvalue weighted by Crippen LogP contribution is 2.15. The zero-order valence-electron chi connectivity index (χ0n) is 17.5. The summed E-state index contributed by atoms with van der Waals surface area (Å²) in [5.41, 5.74) is 0.106. The summed E-state index contributed by atoms with van der Waals surface area (Å²) in [7, 11) is 2.14. The Bertz CT molecular complexity index is 622. The number of carbonyl (C=O) groups excluding carboxylic acids is 2. The van der Waals surface area contributed by atoms with Crippen LogP contribution >= 0.6 is 0 Å². The van der Waals surface area contributed by atoms with Crippen LogP contribution in [-0.4, -0.2) is 73.7 Å². The number of carbonyl (C=O) groups is 2. The van der Waals surface area contributed by atoms with Crippen molar-refractivity contribution in [1.82, 2.24) is 20.4 Å². The highest BCUT2D eigenvalue weighted by molar-refractivity contribution is 5.86. The number of ether oxygens (including phenoxy) is 1. The van der Waals surface area contributed by atoms with Crippen LogP contribution in [0.15, 0.2) is 30.3 Å². The first-order chi connectivity index (χ1) is 13.2. The van der Waals surface area contributed by atoms with Crippen LogP contribution in [0, 0.1) is 0 Å². The van der Waals surface area contributed by atoms with Crippen molar-refractivity contribution in [3.8, 4) is 0 Å². The first-order valence-corrected chi connectivity index (χ1v) is 9.98. The number of likely N-dealkylation sites (N-methyl/N-ethyl adjacent to an activating group) is 1. The summed E-state index contributed by atoms with van der Waals surface area (Å²) in [4.78, 5) is 29.7. The molecule has 0 bridgehead atoms. The van der Waals surface area contributed by atoms with E-state index in [0.717, 1.165) is 44.7 Å². The summed E-state index contributed by atoms with van der Waals surface area (Å²) in [6.45, 7) is 11.2. The number of rotatable bonds is 7. The predicted octanol–water partition coefficient (Wildman–Crippen LogP) is 2.01. The Labute approximate surface area is 168 Å². The predicted molar refractivity (Wildman–Crippen MR) is 110 cm³/mol. The third kappa shape index (κ3) is 7.86. The van der Waals surface area contributed by atoms with Gasteiger partial charge in [0.1, 0.15) is 11.6 Å². The van der Waals surface area contributed by atoms with Crippen molar-refractivity contribution in [2.24, 2.45) is 0 Å². The van der Waals surface area contributed by atoms with Gasteiger partial charge in [-0.25, -0.2) is 4.79 Å². The largest absolute Gasteiger partial charge is 0.444 e. The number of hydrogen-bond acceptors (Lipinski definition) is 5. The van der Waals surface area contributed by atoms with Gasteiger partial charge in [-0.2, -0.15) is 0 Å². The van der Waals surface area contributed by atoms with E-state index in [1.807, 2.05) is 30.3 Å². The summed E-state index contributed by atoms with van der Waals surface area (Å²) in [5.74, 6) is -0.226. The van der Waals surface area contributed by atoms with Gasteiger partial charge in [0.05, 0.1) is 0 Å². The van der Waals surface area contributed by atoms with Crippen LogP contribution < -0.4 is 10.6 Å². The molecule has 1 saturated heterocycles. The highest BCUT2D eigenvalue weighted by atomic mass is 16.6. The first-order valence-electron chi connectivity index (χ1n) is 9.98. The number of nitrogens with one attached hydrogen (secondary N) is 2. The van der Waals surface area contributed by atoms with Crippen molar-refractivity contribution in [2.75, 3.05) is 46.3 Å². The van der Waals surface area contributed by atoms with Gasteiger partial charge in [-0.15, -0.1) is 0 Å². The molecule has 28 heavy (non-hydrogen) atoms. The zero-order chi connectivity index (χ0) is 20.6. The maximum absolute atomic E-state index is 12.7. The van der Waals surface area contributed by atoms with E-state index in [9.17, 15) is 9.59 Å². The lowest BCUT2D eigenvalue weighted by molar-refractivity contribution is -0.123. The molecule has 0 saturated carbocycles. The third-order valence-electron chi connectivity index (χ3n) is 4.60. The van der Waals surface area contributed by atoms with Crippen LogP contribution in [0.3, 0.4) is 0 Å². The minimum atomic E-state index is -0.778. The molecule has 156 valence electrons. The van der Waals surface area contributed by atoms with Crippen molar-refractivity contribution in [3.63, 3.8) is 0 Å². The SMILES string of the molecule is CN1CCN(CCCNC(=O)[C@@H](NC(=O)OC(C)(C)C)c2ccccc2)CC1. The van der Waals surface area contributed by atoms with Crippen molar-refractivity contribution in [3.05, 3.63) is 35.9 Å². The molecule has 2 amide bonds. The second-order valence-corrected chi connectivity index (χ2v) is 8.28. The lowest BCUT2D eigenvalue weighted by Crippen LogP contribution is -2.45. The van der Waals surface area contributed by atoms with Gasteiger partial charge in [0.15, 0.2) is 0 Å². The summed E-state index contributed by atoms with van der Waals surface area (Å²) in [5, 5.41) is 5.65. The Morgan fingerprint density at radius 1 is 1.11 bits per heavy atom. The Balaban J connectivity index is 1.85. The van der Waals surface area contributed by atoms with E-state index in [1.165, 1.54) is 0 Å². The van der Waals surface area contributed by atoms with E-state index in [4.69, 9.17) is 4.74 Å². The molecule has 2 rings (SSSR count). The molecular formula is C21H34N4O3. The molecular weight excluding hydrogens is 356 g/mol. The molecule has 0 spiro atoms. The fourth-order valence-corrected chi connectivity index (χ4v) is 3.06. The molecule has 1 aromatic rings. The van der Waals surface area contributed by atoms with Crippen LogP contribution in [0.5, 0.6) is 0 Å². The summed E-state index contributed by atoms with van der Waals surface area (Å²) in [6.07, 6.45) is 0.276. The van der Waals surface area contributed by atoms with Gasteiger partial charge in [0, 0.05) is 32.7 Å². The molecule has 0 unspecified atom stereocenters. The topological polar surface area (TPSA) is 73.9 Å². The molecule has 7 heteroatoms. The maximum atomic E-state index is 12.7. The van der Waals surface area contributed by atoms with Gasteiger partial charge >= 0.3 is 6.09 Å². The quantitative estimate of drug-likeness (QED) is 0.697.